The van der Waals surface area contributed by atoms with Crippen LogP contribution in [0.3, 0.4) is 0 Å². The maximum atomic E-state index is 5.90. The molecule has 0 aliphatic carbocycles. The van der Waals surface area contributed by atoms with Gasteiger partial charge in [-0.15, -0.1) is 6.58 Å². The first kappa shape index (κ1) is 13.7. The lowest BCUT2D eigenvalue weighted by atomic mass is 10.1. The second-order valence-corrected chi connectivity index (χ2v) is 5.00. The fourth-order valence-electron chi connectivity index (χ4n) is 1.97. The van der Waals surface area contributed by atoms with Crippen molar-refractivity contribution < 1.29 is 0 Å². The number of hydrogen-bond donors (Lipinski definition) is 1. The molecular weight excluding hydrogens is 258 g/mol. The van der Waals surface area contributed by atoms with Crippen LogP contribution >= 0.6 is 11.6 Å². The fraction of sp³-hybridized carbons (Fsp3) is 0.267. The van der Waals surface area contributed by atoms with E-state index in [-0.39, 0.29) is 6.04 Å². The van der Waals surface area contributed by atoms with Crippen molar-refractivity contribution in [2.24, 2.45) is 0 Å². The molecule has 4 heteroatoms. The van der Waals surface area contributed by atoms with E-state index < -0.39 is 0 Å². The van der Waals surface area contributed by atoms with E-state index in [2.05, 4.69) is 28.4 Å². The summed E-state index contributed by atoms with van der Waals surface area (Å²) in [5.74, 6) is 0.861. The van der Waals surface area contributed by atoms with Crippen LogP contribution in [-0.2, 0) is 6.54 Å². The third kappa shape index (κ3) is 3.38. The fourth-order valence-corrected chi connectivity index (χ4v) is 2.09. The van der Waals surface area contributed by atoms with E-state index in [9.17, 15) is 0 Å². The van der Waals surface area contributed by atoms with Gasteiger partial charge in [0, 0.05) is 17.8 Å². The zero-order valence-electron chi connectivity index (χ0n) is 11.2. The standard InChI is InChI=1S/C15H18ClN3/c1-4-9-19-10-11(2)17-15(19)18-12(3)13-5-7-14(16)8-6-13/h4-8,10,12H,1,9H2,2-3H3,(H,17,18). The van der Waals surface area contributed by atoms with E-state index in [1.54, 1.807) is 0 Å². The Bertz CT molecular complexity index is 557. The second kappa shape index (κ2) is 5.93. The van der Waals surface area contributed by atoms with Crippen molar-refractivity contribution in [3.05, 3.63) is 59.4 Å². The third-order valence-corrected chi connectivity index (χ3v) is 3.19. The van der Waals surface area contributed by atoms with Crippen molar-refractivity contribution in [3.63, 3.8) is 0 Å². The highest BCUT2D eigenvalue weighted by Gasteiger charge is 2.10. The highest BCUT2D eigenvalue weighted by atomic mass is 35.5. The SMILES string of the molecule is C=CCn1cc(C)nc1NC(C)c1ccc(Cl)cc1. The first-order chi connectivity index (χ1) is 9.10. The summed E-state index contributed by atoms with van der Waals surface area (Å²) in [6.45, 7) is 8.60. The van der Waals surface area contributed by atoms with Gasteiger partial charge in [-0.2, -0.15) is 0 Å². The molecule has 2 aromatic rings. The molecule has 100 valence electrons. The van der Waals surface area contributed by atoms with Crippen molar-refractivity contribution in [1.29, 1.82) is 0 Å². The molecule has 0 aliphatic rings. The smallest absolute Gasteiger partial charge is 0.203 e. The number of benzene rings is 1. The number of nitrogens with zero attached hydrogens (tertiary/aromatic N) is 2. The topological polar surface area (TPSA) is 29.9 Å². The number of aryl methyl sites for hydroxylation is 1. The average molecular weight is 276 g/mol. The summed E-state index contributed by atoms with van der Waals surface area (Å²) in [5.41, 5.74) is 2.17. The number of aromatic nitrogens is 2. The van der Waals surface area contributed by atoms with Crippen LogP contribution in [-0.4, -0.2) is 9.55 Å². The molecule has 0 radical (unpaired) electrons. The lowest BCUT2D eigenvalue weighted by Gasteiger charge is -2.16. The van der Waals surface area contributed by atoms with E-state index in [4.69, 9.17) is 11.6 Å². The van der Waals surface area contributed by atoms with Crippen LogP contribution < -0.4 is 5.32 Å². The Kier molecular flexibility index (Phi) is 4.27. The minimum Gasteiger partial charge on any atom is -0.349 e. The highest BCUT2D eigenvalue weighted by Crippen LogP contribution is 2.20. The largest absolute Gasteiger partial charge is 0.349 e. The first-order valence-corrected chi connectivity index (χ1v) is 6.64. The van der Waals surface area contributed by atoms with E-state index in [0.717, 1.165) is 23.2 Å². The lowest BCUT2D eigenvalue weighted by Crippen LogP contribution is -2.11. The predicted molar refractivity (Wildman–Crippen MR) is 80.7 cm³/mol. The molecule has 0 amide bonds. The molecule has 0 saturated heterocycles. The van der Waals surface area contributed by atoms with Crippen LogP contribution in [0.2, 0.25) is 5.02 Å². The van der Waals surface area contributed by atoms with Gasteiger partial charge in [-0.25, -0.2) is 4.98 Å². The Labute approximate surface area is 118 Å². The van der Waals surface area contributed by atoms with Gasteiger partial charge < -0.3 is 9.88 Å². The van der Waals surface area contributed by atoms with Gasteiger partial charge in [-0.3, -0.25) is 0 Å². The van der Waals surface area contributed by atoms with Gasteiger partial charge in [0.2, 0.25) is 5.95 Å². The summed E-state index contributed by atoms with van der Waals surface area (Å²) in [4.78, 5) is 4.49. The van der Waals surface area contributed by atoms with Gasteiger partial charge >= 0.3 is 0 Å². The number of rotatable bonds is 5. The Balaban J connectivity index is 2.16. The molecule has 19 heavy (non-hydrogen) atoms. The number of anilines is 1. The average Bonchev–Trinajstić information content (AvgIpc) is 2.71. The van der Waals surface area contributed by atoms with Gasteiger partial charge in [0.1, 0.15) is 0 Å². The van der Waals surface area contributed by atoms with Crippen LogP contribution in [0.1, 0.15) is 24.2 Å². The van der Waals surface area contributed by atoms with Crippen molar-refractivity contribution in [2.45, 2.75) is 26.4 Å². The van der Waals surface area contributed by atoms with Crippen LogP contribution in [0.25, 0.3) is 0 Å². The van der Waals surface area contributed by atoms with Crippen LogP contribution in [0.4, 0.5) is 5.95 Å². The number of nitrogens with one attached hydrogen (secondary N) is 1. The monoisotopic (exact) mass is 275 g/mol. The molecular formula is C15H18ClN3. The molecule has 1 N–H and O–H groups in total. The molecule has 0 spiro atoms. The molecule has 1 heterocycles. The summed E-state index contributed by atoms with van der Waals surface area (Å²) < 4.78 is 2.05. The predicted octanol–water partition coefficient (Wildman–Crippen LogP) is 4.20. The van der Waals surface area contributed by atoms with Gasteiger partial charge in [0.15, 0.2) is 0 Å². The molecule has 1 unspecified atom stereocenters. The number of hydrogen-bond acceptors (Lipinski definition) is 2. The summed E-state index contributed by atoms with van der Waals surface area (Å²) in [6.07, 6.45) is 3.87. The van der Waals surface area contributed by atoms with E-state index >= 15 is 0 Å². The summed E-state index contributed by atoms with van der Waals surface area (Å²) >= 11 is 5.90. The van der Waals surface area contributed by atoms with Crippen LogP contribution in [0.15, 0.2) is 43.1 Å². The van der Waals surface area contributed by atoms with Crippen molar-refractivity contribution in [3.8, 4) is 0 Å². The molecule has 0 bridgehead atoms. The molecule has 0 fully saturated rings. The zero-order valence-corrected chi connectivity index (χ0v) is 12.0. The minimum absolute atomic E-state index is 0.169. The number of halogens is 1. The van der Waals surface area contributed by atoms with Gasteiger partial charge in [-0.05, 0) is 31.5 Å². The molecule has 1 atom stereocenters. The molecule has 2 rings (SSSR count). The number of allylic oxidation sites excluding steroid dienone is 1. The normalized spacial score (nSPS) is 12.2. The second-order valence-electron chi connectivity index (χ2n) is 4.56. The summed E-state index contributed by atoms with van der Waals surface area (Å²) in [7, 11) is 0. The van der Waals surface area contributed by atoms with Gasteiger partial charge in [-0.1, -0.05) is 29.8 Å². The maximum absolute atomic E-state index is 5.90. The van der Waals surface area contributed by atoms with E-state index in [0.29, 0.717) is 0 Å². The summed E-state index contributed by atoms with van der Waals surface area (Å²) in [5, 5.41) is 4.16. The molecule has 3 nitrogen and oxygen atoms in total. The molecule has 1 aromatic carbocycles. The number of imidazole rings is 1. The van der Waals surface area contributed by atoms with E-state index in [1.807, 2.05) is 43.5 Å². The zero-order chi connectivity index (χ0) is 13.8. The van der Waals surface area contributed by atoms with Crippen molar-refractivity contribution >= 4 is 17.5 Å². The van der Waals surface area contributed by atoms with E-state index in [1.165, 1.54) is 5.56 Å². The Morgan fingerprint density at radius 3 is 2.74 bits per heavy atom. The Hall–Kier alpha value is -1.74. The molecule has 0 aliphatic heterocycles. The highest BCUT2D eigenvalue weighted by molar-refractivity contribution is 6.30. The van der Waals surface area contributed by atoms with Crippen molar-refractivity contribution in [1.82, 2.24) is 9.55 Å². The summed E-state index contributed by atoms with van der Waals surface area (Å²) in [6, 6.07) is 8.01. The Morgan fingerprint density at radius 1 is 1.42 bits per heavy atom. The minimum atomic E-state index is 0.169. The first-order valence-electron chi connectivity index (χ1n) is 6.27. The maximum Gasteiger partial charge on any atom is 0.203 e. The van der Waals surface area contributed by atoms with Gasteiger partial charge in [0.25, 0.3) is 0 Å². The molecule has 1 aromatic heterocycles. The van der Waals surface area contributed by atoms with Crippen LogP contribution in [0, 0.1) is 6.92 Å². The Morgan fingerprint density at radius 2 is 2.11 bits per heavy atom. The lowest BCUT2D eigenvalue weighted by molar-refractivity contribution is 0.784. The quantitative estimate of drug-likeness (QED) is 0.829. The molecule has 0 saturated carbocycles. The third-order valence-electron chi connectivity index (χ3n) is 2.94. The van der Waals surface area contributed by atoms with Gasteiger partial charge in [0.05, 0.1) is 11.7 Å². The van der Waals surface area contributed by atoms with Crippen LogP contribution in [0.5, 0.6) is 0 Å². The van der Waals surface area contributed by atoms with Crippen molar-refractivity contribution in [2.75, 3.05) is 5.32 Å².